The van der Waals surface area contributed by atoms with Crippen molar-refractivity contribution >= 4 is 86.6 Å². The first-order chi connectivity index (χ1) is 53.3. The van der Waals surface area contributed by atoms with Crippen LogP contribution in [0.15, 0.2) is 36.0 Å². The molecule has 22 N–H and O–H groups in total. The van der Waals surface area contributed by atoms with Gasteiger partial charge in [0.1, 0.15) is 93.8 Å². The number of unbranched alkanes of at least 4 members (excludes halogenated alkanes) is 2. The zero-order valence-electron chi connectivity index (χ0n) is 70.6. The molecule has 114 heavy (non-hydrogen) atoms. The number of benzene rings is 1. The predicted octanol–water partition coefficient (Wildman–Crippen LogP) is 0.366. The number of carbonyl (C=O) groups is 13. The van der Waals surface area contributed by atoms with Crippen molar-refractivity contribution in [3.8, 4) is 5.75 Å². The Hall–Kier alpha value is -8.38. The van der Waals surface area contributed by atoms with Crippen LogP contribution in [-0.4, -0.2) is 217 Å². The molecular weight excluding hydrogens is 1490 g/mol. The quantitative estimate of drug-likeness (QED) is 0.0309. The molecule has 0 radical (unpaired) electrons. The highest BCUT2D eigenvalue weighted by Gasteiger charge is 2.40. The fourth-order valence-corrected chi connectivity index (χ4v) is 12.7. The summed E-state index contributed by atoms with van der Waals surface area (Å²) in [5.74, 6) is -14.8. The van der Waals surface area contributed by atoms with Crippen LogP contribution in [0.5, 0.6) is 5.75 Å². The Morgan fingerprint density at radius 2 is 0.754 bits per heavy atom. The number of hydrogen-bond donors (Lipinski definition) is 19. The number of phenolic OH excluding ortho intramolecular Hbond substituents is 1. The van der Waals surface area contributed by atoms with Crippen LogP contribution in [0.25, 0.3) is 0 Å². The van der Waals surface area contributed by atoms with Gasteiger partial charge in [-0.25, -0.2) is 8.42 Å². The summed E-state index contributed by atoms with van der Waals surface area (Å²) in [5, 5.41) is 65.6. The van der Waals surface area contributed by atoms with Gasteiger partial charge in [0.25, 0.3) is 11.8 Å². The summed E-state index contributed by atoms with van der Waals surface area (Å²) >= 11 is 0. The van der Waals surface area contributed by atoms with Crippen LogP contribution in [-0.2, 0) is 78.6 Å². The highest BCUT2D eigenvalue weighted by atomic mass is 32.2. The Morgan fingerprint density at radius 3 is 1.15 bits per heavy atom. The van der Waals surface area contributed by atoms with Crippen molar-refractivity contribution in [1.29, 1.82) is 0 Å². The number of aliphatic hydroxyl groups excluding tert-OH is 2. The summed E-state index contributed by atoms with van der Waals surface area (Å²) in [7, 11) is -3.74. The summed E-state index contributed by atoms with van der Waals surface area (Å²) in [4.78, 5) is 186. The van der Waals surface area contributed by atoms with Crippen LogP contribution in [0, 0.1) is 47.3 Å². The third-order valence-corrected chi connectivity index (χ3v) is 20.7. The first-order valence-electron chi connectivity index (χ1n) is 40.3. The largest absolute Gasteiger partial charge is 0.508 e. The minimum absolute atomic E-state index is 0.00850. The van der Waals surface area contributed by atoms with Crippen molar-refractivity contribution in [1.82, 2.24) is 69.1 Å². The lowest BCUT2D eigenvalue weighted by atomic mass is 9.95. The van der Waals surface area contributed by atoms with Crippen LogP contribution in [0.1, 0.15) is 207 Å². The Balaban J connectivity index is 3.68. The number of nitrogens with two attached hydrogens (primary N) is 3. The molecule has 650 valence electrons. The fourth-order valence-electron chi connectivity index (χ4n) is 12.0. The van der Waals surface area contributed by atoms with E-state index in [1.807, 2.05) is 41.5 Å². The highest BCUT2D eigenvalue weighted by molar-refractivity contribution is 7.90. The SMILES string of the molecule is C/C=C(\NC(=O)[C@@H](O)[C@@H](C)CC)C(=O)N[C@@H](CCS(C)(=O)=O)C(=O)N[C@H](CCCN)C(=O)N[C@H](C(=O)N[C@H](C(=O)N[C@H](C(=O)NC(CCCCN)C(=O)N[C@H](C(=O)NC(CC(C)C)C(=O)NC(CCCCN)C(=O)N[C@H](Cc1ccc(O)cc1)C(=O)NC(CC(C)C)C(=O)N[C@H](CO)C(C)C)C(C)C)C(C)C)C(C)C)[C@@H](C)CC. The summed E-state index contributed by atoms with van der Waals surface area (Å²) in [5.41, 5.74) is 17.8. The number of aliphatic hydroxyl groups is 2. The first-order valence-corrected chi connectivity index (χ1v) is 42.4. The molecule has 13 amide bonds. The molecule has 0 fully saturated rings. The number of phenols is 1. The van der Waals surface area contributed by atoms with E-state index < -0.39 is 207 Å². The van der Waals surface area contributed by atoms with Gasteiger partial charge in [-0.1, -0.05) is 142 Å². The second-order valence-electron chi connectivity index (χ2n) is 32.1. The van der Waals surface area contributed by atoms with Gasteiger partial charge >= 0.3 is 0 Å². The van der Waals surface area contributed by atoms with Crippen molar-refractivity contribution in [2.75, 3.05) is 38.2 Å². The molecule has 35 heteroatoms. The van der Waals surface area contributed by atoms with Gasteiger partial charge in [-0.2, -0.15) is 0 Å². The van der Waals surface area contributed by atoms with Gasteiger partial charge in [-0.15, -0.1) is 0 Å². The van der Waals surface area contributed by atoms with E-state index >= 15 is 0 Å². The maximum absolute atomic E-state index is 14.7. The minimum atomic E-state index is -3.74. The van der Waals surface area contributed by atoms with Crippen LogP contribution >= 0.6 is 0 Å². The number of hydrogen-bond acceptors (Lipinski definition) is 21. The average molecular weight is 1630 g/mol. The topological polar surface area (TPSA) is 551 Å². The maximum Gasteiger partial charge on any atom is 0.268 e. The van der Waals surface area contributed by atoms with E-state index in [0.29, 0.717) is 44.1 Å². The number of allylic oxidation sites excluding steroid dienone is 1. The number of nitrogens with one attached hydrogen (secondary N) is 13. The Bertz CT molecular complexity index is 3390. The Morgan fingerprint density at radius 1 is 0.412 bits per heavy atom. The summed E-state index contributed by atoms with van der Waals surface area (Å²) < 4.78 is 24.8. The van der Waals surface area contributed by atoms with Gasteiger partial charge in [0, 0.05) is 12.7 Å². The molecule has 0 bridgehead atoms. The van der Waals surface area contributed by atoms with Crippen molar-refractivity contribution in [3.63, 3.8) is 0 Å². The predicted molar refractivity (Wildman–Crippen MR) is 436 cm³/mol. The normalized spacial score (nSPS) is 15.9. The number of rotatable bonds is 55. The smallest absolute Gasteiger partial charge is 0.268 e. The number of carbonyl (C=O) groups excluding carboxylic acids is 13. The second-order valence-corrected chi connectivity index (χ2v) is 34.3. The zero-order valence-corrected chi connectivity index (χ0v) is 71.4. The van der Waals surface area contributed by atoms with E-state index in [1.165, 1.54) is 25.1 Å². The monoisotopic (exact) mass is 1630 g/mol. The lowest BCUT2D eigenvalue weighted by Gasteiger charge is -2.31. The molecule has 15 atom stereocenters. The molecule has 0 heterocycles. The van der Waals surface area contributed by atoms with E-state index in [2.05, 4.69) is 69.1 Å². The molecule has 0 saturated heterocycles. The van der Waals surface area contributed by atoms with Crippen LogP contribution in [0.3, 0.4) is 0 Å². The van der Waals surface area contributed by atoms with Crippen LogP contribution in [0.2, 0.25) is 0 Å². The lowest BCUT2D eigenvalue weighted by molar-refractivity contribution is -0.137. The van der Waals surface area contributed by atoms with E-state index in [0.717, 1.165) is 6.26 Å². The van der Waals surface area contributed by atoms with Crippen LogP contribution < -0.4 is 86.3 Å². The van der Waals surface area contributed by atoms with Crippen molar-refractivity contribution in [2.24, 2.45) is 64.5 Å². The summed E-state index contributed by atoms with van der Waals surface area (Å²) in [6, 6.07) is -9.49. The van der Waals surface area contributed by atoms with E-state index in [4.69, 9.17) is 17.2 Å². The van der Waals surface area contributed by atoms with Crippen molar-refractivity contribution < 1.29 is 86.1 Å². The molecule has 0 aliphatic carbocycles. The van der Waals surface area contributed by atoms with E-state index in [-0.39, 0.29) is 100 Å². The molecule has 1 rings (SSSR count). The van der Waals surface area contributed by atoms with Gasteiger partial charge in [-0.05, 0) is 162 Å². The highest BCUT2D eigenvalue weighted by Crippen LogP contribution is 2.19. The summed E-state index contributed by atoms with van der Waals surface area (Å²) in [6.07, 6.45) is 2.66. The molecule has 0 spiro atoms. The molecule has 0 aromatic heterocycles. The number of sulfone groups is 1. The standard InChI is InChI=1S/C79H140N16O18S/c1-19-49(16)65(95-71(103)56(29-26-37-82)84-69(101)57(34-38-114(18,112)113)86-67(99)53(21-3)83-79(111)66(98)50(17)20-2)78(110)94-64(48(14)15)77(109)93-63(47(12)13)75(107)87-55(28-23-25-36-81)70(102)92-62(46(10)11)76(108)90-59(40-44(6)7)72(104)85-54(27-22-24-35-80)68(100)89-60(41-51-30-32-52(97)33-31-51)74(106)88-58(39-43(4)5)73(105)91-61(42-96)45(8)9/h21,30-33,43-50,54-66,96-98H,19-20,22-29,34-42,80-82H2,1-18H3,(H,83,111)(H,84,101)(H,85,104)(H,86,99)(H,87,107)(H,88,106)(H,89,100)(H,90,108)(H,91,105)(H,92,102)(H,93,109)(H,94,110)(H,95,103)/b53-21-/t49-,50-,54?,55?,56+,57-,58?,59?,60+,61+,62-,63-,64-,65-,66-/m0/s1. The van der Waals surface area contributed by atoms with Crippen molar-refractivity contribution in [3.05, 3.63) is 41.6 Å². The van der Waals surface area contributed by atoms with E-state index in [9.17, 15) is 86.1 Å². The van der Waals surface area contributed by atoms with Gasteiger partial charge in [0.2, 0.25) is 65.0 Å². The average Bonchev–Trinajstić information content (AvgIpc) is 0.787. The van der Waals surface area contributed by atoms with E-state index in [1.54, 1.807) is 81.4 Å². The molecular formula is C79H140N16O18S. The van der Waals surface area contributed by atoms with Gasteiger partial charge in [0.05, 0.1) is 18.4 Å². The Kier molecular flexibility index (Phi) is 48.2. The molecule has 4 unspecified atom stereocenters. The molecule has 0 saturated carbocycles. The third-order valence-electron chi connectivity index (χ3n) is 19.7. The third kappa shape index (κ3) is 37.9. The maximum atomic E-state index is 14.7. The minimum Gasteiger partial charge on any atom is -0.508 e. The van der Waals surface area contributed by atoms with Gasteiger partial charge in [-0.3, -0.25) is 62.3 Å². The Labute approximate surface area is 675 Å². The van der Waals surface area contributed by atoms with Gasteiger partial charge < -0.3 is 102 Å². The summed E-state index contributed by atoms with van der Waals surface area (Å²) in [6.45, 7) is 29.2. The number of aromatic hydroxyl groups is 1. The fraction of sp³-hybridized carbons (Fsp3) is 0.734. The lowest BCUT2D eigenvalue weighted by Crippen LogP contribution is -2.62. The van der Waals surface area contributed by atoms with Crippen molar-refractivity contribution in [2.45, 2.75) is 286 Å². The first kappa shape index (κ1) is 104. The van der Waals surface area contributed by atoms with Crippen LogP contribution in [0.4, 0.5) is 0 Å². The molecule has 0 aliphatic heterocycles. The number of amides is 13. The molecule has 1 aromatic carbocycles. The molecule has 1 aromatic rings. The second kappa shape index (κ2) is 53.0. The molecule has 34 nitrogen and oxygen atoms in total. The molecule has 0 aliphatic rings. The zero-order chi connectivity index (χ0) is 87.0. The van der Waals surface area contributed by atoms with Gasteiger partial charge in [0.15, 0.2) is 0 Å².